The second kappa shape index (κ2) is 7.33. The molecule has 1 unspecified atom stereocenters. The van der Waals surface area contributed by atoms with E-state index >= 15 is 0 Å². The molecular formula is C18H21N3O3. The average Bonchev–Trinajstić information content (AvgIpc) is 3.03. The summed E-state index contributed by atoms with van der Waals surface area (Å²) in [7, 11) is 3.18. The van der Waals surface area contributed by atoms with E-state index in [1.165, 1.54) is 0 Å². The van der Waals surface area contributed by atoms with Crippen LogP contribution in [-0.4, -0.2) is 35.3 Å². The lowest BCUT2D eigenvalue weighted by atomic mass is 10.1. The monoisotopic (exact) mass is 327 g/mol. The maximum absolute atomic E-state index is 10.4. The maximum Gasteiger partial charge on any atom is 0.137 e. The van der Waals surface area contributed by atoms with Gasteiger partial charge in [0.15, 0.2) is 0 Å². The van der Waals surface area contributed by atoms with Gasteiger partial charge in [0.05, 0.1) is 26.0 Å². The van der Waals surface area contributed by atoms with Crippen LogP contribution in [-0.2, 0) is 6.54 Å². The van der Waals surface area contributed by atoms with Crippen LogP contribution >= 0.6 is 0 Å². The van der Waals surface area contributed by atoms with Gasteiger partial charge in [0.1, 0.15) is 17.1 Å². The number of rotatable bonds is 7. The molecular weight excluding hydrogens is 306 g/mol. The number of methoxy groups -OCH3 is 2. The molecule has 1 atom stereocenters. The van der Waals surface area contributed by atoms with Gasteiger partial charge in [-0.1, -0.05) is 6.07 Å². The van der Waals surface area contributed by atoms with Crippen molar-refractivity contribution in [2.24, 2.45) is 0 Å². The van der Waals surface area contributed by atoms with Gasteiger partial charge in [-0.05, 0) is 29.8 Å². The van der Waals surface area contributed by atoms with E-state index in [0.717, 1.165) is 16.9 Å². The molecule has 0 aliphatic heterocycles. The number of ether oxygens (including phenoxy) is 2. The molecule has 0 radical (unpaired) electrons. The minimum atomic E-state index is -0.661. The van der Waals surface area contributed by atoms with Crippen LogP contribution in [0.2, 0.25) is 0 Å². The van der Waals surface area contributed by atoms with Crippen molar-refractivity contribution in [2.75, 3.05) is 20.8 Å². The normalized spacial score (nSPS) is 12.3. The number of aliphatic hydroxyl groups is 1. The third-order valence-corrected chi connectivity index (χ3v) is 3.82. The van der Waals surface area contributed by atoms with Gasteiger partial charge >= 0.3 is 0 Å². The van der Waals surface area contributed by atoms with E-state index in [1.54, 1.807) is 32.4 Å². The van der Waals surface area contributed by atoms with Crippen molar-refractivity contribution in [3.63, 3.8) is 0 Å². The van der Waals surface area contributed by atoms with Crippen molar-refractivity contribution in [3.05, 3.63) is 60.0 Å². The molecule has 2 N–H and O–H groups in total. The van der Waals surface area contributed by atoms with E-state index < -0.39 is 6.10 Å². The summed E-state index contributed by atoms with van der Waals surface area (Å²) >= 11 is 0. The fourth-order valence-electron chi connectivity index (χ4n) is 2.55. The summed E-state index contributed by atoms with van der Waals surface area (Å²) in [5.41, 5.74) is 2.58. The first-order chi connectivity index (χ1) is 11.7. The fourth-order valence-corrected chi connectivity index (χ4v) is 2.55. The second-order valence-corrected chi connectivity index (χ2v) is 5.49. The highest BCUT2D eigenvalue weighted by Crippen LogP contribution is 2.26. The van der Waals surface area contributed by atoms with Crippen molar-refractivity contribution in [1.82, 2.24) is 14.7 Å². The first-order valence-electron chi connectivity index (χ1n) is 7.74. The Balaban J connectivity index is 1.61. The first-order valence-corrected chi connectivity index (χ1v) is 7.74. The third kappa shape index (κ3) is 3.67. The molecule has 2 heterocycles. The number of nitrogens with one attached hydrogen (secondary N) is 1. The Morgan fingerprint density at radius 2 is 1.92 bits per heavy atom. The van der Waals surface area contributed by atoms with Crippen LogP contribution in [0, 0.1) is 0 Å². The molecule has 0 fully saturated rings. The van der Waals surface area contributed by atoms with Gasteiger partial charge in [0, 0.05) is 31.5 Å². The standard InChI is InChI=1S/C18H21N3O3/c1-23-15-7-13(8-16(9-15)24-2)17(22)11-19-10-14-12-21-6-4-3-5-18(21)20-14/h3-9,12,17,19,22H,10-11H2,1-2H3. The summed E-state index contributed by atoms with van der Waals surface area (Å²) in [6, 6.07) is 11.3. The van der Waals surface area contributed by atoms with E-state index in [0.29, 0.717) is 24.6 Å². The Morgan fingerprint density at radius 1 is 1.17 bits per heavy atom. The summed E-state index contributed by atoms with van der Waals surface area (Å²) in [5, 5.41) is 13.6. The second-order valence-electron chi connectivity index (χ2n) is 5.49. The van der Waals surface area contributed by atoms with Gasteiger partial charge in [0.25, 0.3) is 0 Å². The molecule has 0 amide bonds. The molecule has 3 rings (SSSR count). The SMILES string of the molecule is COc1cc(OC)cc(C(O)CNCc2cn3ccccc3n2)c1. The molecule has 1 aromatic carbocycles. The van der Waals surface area contributed by atoms with Crippen LogP contribution in [0.4, 0.5) is 0 Å². The van der Waals surface area contributed by atoms with Crippen molar-refractivity contribution in [1.29, 1.82) is 0 Å². The molecule has 126 valence electrons. The minimum Gasteiger partial charge on any atom is -0.497 e. The Kier molecular flexibility index (Phi) is 4.98. The molecule has 0 bridgehead atoms. The minimum absolute atomic E-state index is 0.407. The van der Waals surface area contributed by atoms with Crippen LogP contribution in [0.5, 0.6) is 11.5 Å². The predicted molar refractivity (Wildman–Crippen MR) is 91.4 cm³/mol. The zero-order valence-corrected chi connectivity index (χ0v) is 13.8. The van der Waals surface area contributed by atoms with Gasteiger partial charge in [0.2, 0.25) is 0 Å². The van der Waals surface area contributed by atoms with E-state index in [1.807, 2.05) is 35.0 Å². The van der Waals surface area contributed by atoms with Crippen LogP contribution in [0.25, 0.3) is 5.65 Å². The third-order valence-electron chi connectivity index (χ3n) is 3.82. The Bertz CT molecular complexity index is 761. The quantitative estimate of drug-likeness (QED) is 0.696. The number of hydrogen-bond acceptors (Lipinski definition) is 5. The molecule has 0 saturated heterocycles. The number of pyridine rings is 1. The molecule has 0 aliphatic rings. The van der Waals surface area contributed by atoms with E-state index in [2.05, 4.69) is 10.3 Å². The topological polar surface area (TPSA) is 68.0 Å². The number of benzene rings is 1. The molecule has 2 aromatic heterocycles. The lowest BCUT2D eigenvalue weighted by molar-refractivity contribution is 0.173. The molecule has 3 aromatic rings. The lowest BCUT2D eigenvalue weighted by Crippen LogP contribution is -2.21. The Hall–Kier alpha value is -2.57. The largest absolute Gasteiger partial charge is 0.497 e. The number of fused-ring (bicyclic) bond motifs is 1. The zero-order valence-electron chi connectivity index (χ0n) is 13.8. The summed E-state index contributed by atoms with van der Waals surface area (Å²) in [6.45, 7) is 0.990. The van der Waals surface area contributed by atoms with Crippen LogP contribution in [0.15, 0.2) is 48.8 Å². The summed E-state index contributed by atoms with van der Waals surface area (Å²) in [5.74, 6) is 1.31. The Labute approximate surface area is 140 Å². The van der Waals surface area contributed by atoms with Crippen LogP contribution in [0.3, 0.4) is 0 Å². The Morgan fingerprint density at radius 3 is 2.58 bits per heavy atom. The smallest absolute Gasteiger partial charge is 0.137 e. The van der Waals surface area contributed by atoms with Crippen molar-refractivity contribution >= 4 is 5.65 Å². The first kappa shape index (κ1) is 16.3. The summed E-state index contributed by atoms with van der Waals surface area (Å²) < 4.78 is 12.4. The van der Waals surface area contributed by atoms with Gasteiger partial charge in [-0.2, -0.15) is 0 Å². The summed E-state index contributed by atoms with van der Waals surface area (Å²) in [6.07, 6.45) is 3.28. The lowest BCUT2D eigenvalue weighted by Gasteiger charge is -2.14. The predicted octanol–water partition coefficient (Wildman–Crippen LogP) is 2.17. The highest BCUT2D eigenvalue weighted by atomic mass is 16.5. The highest BCUT2D eigenvalue weighted by Gasteiger charge is 2.11. The molecule has 6 nitrogen and oxygen atoms in total. The molecule has 0 spiro atoms. The fraction of sp³-hybridized carbons (Fsp3) is 0.278. The summed E-state index contributed by atoms with van der Waals surface area (Å²) in [4.78, 5) is 4.52. The number of aliphatic hydroxyl groups excluding tert-OH is 1. The highest BCUT2D eigenvalue weighted by molar-refractivity contribution is 5.40. The van der Waals surface area contributed by atoms with Crippen molar-refractivity contribution in [2.45, 2.75) is 12.6 Å². The van der Waals surface area contributed by atoms with Crippen molar-refractivity contribution < 1.29 is 14.6 Å². The zero-order chi connectivity index (χ0) is 16.9. The van der Waals surface area contributed by atoms with Gasteiger partial charge in [-0.15, -0.1) is 0 Å². The number of aromatic nitrogens is 2. The molecule has 6 heteroatoms. The average molecular weight is 327 g/mol. The number of hydrogen-bond donors (Lipinski definition) is 2. The van der Waals surface area contributed by atoms with Crippen LogP contribution in [0.1, 0.15) is 17.4 Å². The molecule has 24 heavy (non-hydrogen) atoms. The number of nitrogens with zero attached hydrogens (tertiary/aromatic N) is 2. The van der Waals surface area contributed by atoms with Gasteiger partial charge < -0.3 is 24.3 Å². The van der Waals surface area contributed by atoms with Crippen molar-refractivity contribution in [3.8, 4) is 11.5 Å². The number of imidazole rings is 1. The van der Waals surface area contributed by atoms with Gasteiger partial charge in [-0.25, -0.2) is 4.98 Å². The molecule has 0 saturated carbocycles. The maximum atomic E-state index is 10.4. The van der Waals surface area contributed by atoms with E-state index in [9.17, 15) is 5.11 Å². The van der Waals surface area contributed by atoms with Gasteiger partial charge in [-0.3, -0.25) is 0 Å². The van der Waals surface area contributed by atoms with Crippen LogP contribution < -0.4 is 14.8 Å². The molecule has 0 aliphatic carbocycles. The van der Waals surface area contributed by atoms with E-state index in [4.69, 9.17) is 9.47 Å². The van der Waals surface area contributed by atoms with E-state index in [-0.39, 0.29) is 0 Å².